The molecule has 0 saturated carbocycles. The fourth-order valence-corrected chi connectivity index (χ4v) is 5.12. The summed E-state index contributed by atoms with van der Waals surface area (Å²) in [4.78, 5) is 11.9. The zero-order valence-electron chi connectivity index (χ0n) is 16.2. The van der Waals surface area contributed by atoms with Crippen LogP contribution in [-0.4, -0.2) is 32.1 Å². The summed E-state index contributed by atoms with van der Waals surface area (Å²) in [5, 5.41) is 0. The number of rotatable bonds is 7. The van der Waals surface area contributed by atoms with Crippen LogP contribution in [0, 0.1) is 18.8 Å². The van der Waals surface area contributed by atoms with Crippen LogP contribution < -0.4 is 0 Å². The summed E-state index contributed by atoms with van der Waals surface area (Å²) in [5.41, 5.74) is 2.25. The Kier molecular flexibility index (Phi) is 6.81. The molecule has 5 heteroatoms. The lowest BCUT2D eigenvalue weighted by Gasteiger charge is -2.32. The number of aryl methyl sites for hydroxylation is 1. The van der Waals surface area contributed by atoms with Gasteiger partial charge in [-0.05, 0) is 49.8 Å². The molecule has 1 heterocycles. The summed E-state index contributed by atoms with van der Waals surface area (Å²) in [6.45, 7) is 2.85. The smallest absolute Gasteiger partial charge is 0.243 e. The Morgan fingerprint density at radius 2 is 1.68 bits per heavy atom. The summed E-state index contributed by atoms with van der Waals surface area (Å²) in [6.07, 6.45) is 7.22. The van der Waals surface area contributed by atoms with Crippen LogP contribution >= 0.6 is 0 Å². The number of aldehydes is 1. The highest BCUT2D eigenvalue weighted by Gasteiger charge is 2.31. The molecule has 1 aliphatic rings. The average molecular weight is 398 g/mol. The number of carbonyl (C=O) groups excluding carboxylic acids is 1. The van der Waals surface area contributed by atoms with Gasteiger partial charge in [0.1, 0.15) is 6.29 Å². The van der Waals surface area contributed by atoms with E-state index in [0.29, 0.717) is 30.8 Å². The molecule has 1 saturated heterocycles. The number of sulfonamides is 1. The molecule has 148 valence electrons. The first-order valence-electron chi connectivity index (χ1n) is 9.73. The summed E-state index contributed by atoms with van der Waals surface area (Å²) in [7, 11) is -3.46. The van der Waals surface area contributed by atoms with Gasteiger partial charge in [0.15, 0.2) is 0 Å². The predicted molar refractivity (Wildman–Crippen MR) is 112 cm³/mol. The number of allylic oxidation sites excluding steroid dienone is 2. The highest BCUT2D eigenvalue weighted by molar-refractivity contribution is 7.89. The van der Waals surface area contributed by atoms with Crippen molar-refractivity contribution in [2.45, 2.75) is 31.1 Å². The van der Waals surface area contributed by atoms with Gasteiger partial charge < -0.3 is 4.79 Å². The minimum Gasteiger partial charge on any atom is -0.303 e. The van der Waals surface area contributed by atoms with Crippen LogP contribution in [0.15, 0.2) is 71.6 Å². The van der Waals surface area contributed by atoms with E-state index >= 15 is 0 Å². The topological polar surface area (TPSA) is 54.5 Å². The van der Waals surface area contributed by atoms with E-state index < -0.39 is 10.0 Å². The fourth-order valence-electron chi connectivity index (χ4n) is 3.65. The lowest BCUT2D eigenvalue weighted by molar-refractivity contribution is -0.111. The van der Waals surface area contributed by atoms with E-state index in [9.17, 15) is 13.2 Å². The molecule has 2 aromatic carbocycles. The largest absolute Gasteiger partial charge is 0.303 e. The second-order valence-corrected chi connectivity index (χ2v) is 9.32. The Morgan fingerprint density at radius 3 is 2.29 bits per heavy atom. The quantitative estimate of drug-likeness (QED) is 0.524. The molecule has 2 aromatic rings. The fraction of sp³-hybridized carbons (Fsp3) is 0.348. The SMILES string of the molecule is Cc1ccc(S(=O)(=O)N2CCC([C@@H](C=O)/C=C/Cc3ccccc3)CC2)cc1. The highest BCUT2D eigenvalue weighted by atomic mass is 32.2. The standard InChI is InChI=1S/C23H27NO3S/c1-19-10-12-23(13-11-19)28(26,27)24-16-14-21(15-17-24)22(18-25)9-5-8-20-6-3-2-4-7-20/h2-7,9-13,18,21-22H,8,14-17H2,1H3/b9-5+/t22-/m1/s1. The van der Waals surface area contributed by atoms with Crippen LogP contribution in [0.5, 0.6) is 0 Å². The lowest BCUT2D eigenvalue weighted by Crippen LogP contribution is -2.40. The Balaban J connectivity index is 1.58. The first-order chi connectivity index (χ1) is 13.5. The van der Waals surface area contributed by atoms with E-state index in [1.165, 1.54) is 5.56 Å². The van der Waals surface area contributed by atoms with E-state index in [2.05, 4.69) is 12.1 Å². The van der Waals surface area contributed by atoms with Gasteiger partial charge in [-0.3, -0.25) is 0 Å². The normalized spacial score (nSPS) is 17.6. The van der Waals surface area contributed by atoms with Crippen LogP contribution in [0.3, 0.4) is 0 Å². The highest BCUT2D eigenvalue weighted by Crippen LogP contribution is 2.28. The third-order valence-electron chi connectivity index (χ3n) is 5.41. The maximum atomic E-state index is 12.8. The van der Waals surface area contributed by atoms with E-state index in [-0.39, 0.29) is 11.8 Å². The first-order valence-corrected chi connectivity index (χ1v) is 11.2. The van der Waals surface area contributed by atoms with Crippen molar-refractivity contribution in [1.29, 1.82) is 0 Å². The van der Waals surface area contributed by atoms with Crippen molar-refractivity contribution in [3.63, 3.8) is 0 Å². The third-order valence-corrected chi connectivity index (χ3v) is 7.33. The summed E-state index contributed by atoms with van der Waals surface area (Å²) >= 11 is 0. The molecule has 0 N–H and O–H groups in total. The third kappa shape index (κ3) is 4.97. The lowest BCUT2D eigenvalue weighted by atomic mass is 9.85. The number of carbonyl (C=O) groups is 1. The van der Waals surface area contributed by atoms with Crippen LogP contribution in [0.25, 0.3) is 0 Å². The van der Waals surface area contributed by atoms with Crippen molar-refractivity contribution >= 4 is 16.3 Å². The molecule has 3 rings (SSSR count). The van der Waals surface area contributed by atoms with E-state index in [4.69, 9.17) is 0 Å². The summed E-state index contributed by atoms with van der Waals surface area (Å²) < 4.78 is 27.2. The van der Waals surface area contributed by atoms with E-state index in [1.54, 1.807) is 16.4 Å². The number of hydrogen-bond donors (Lipinski definition) is 0. The van der Waals surface area contributed by atoms with E-state index in [1.807, 2.05) is 49.4 Å². The molecule has 0 spiro atoms. The molecule has 28 heavy (non-hydrogen) atoms. The van der Waals surface area contributed by atoms with Crippen molar-refractivity contribution in [2.24, 2.45) is 11.8 Å². The van der Waals surface area contributed by atoms with Gasteiger partial charge in [0.2, 0.25) is 10.0 Å². The molecule has 0 aliphatic carbocycles. The maximum absolute atomic E-state index is 12.8. The summed E-state index contributed by atoms with van der Waals surface area (Å²) in [6, 6.07) is 17.1. The monoisotopic (exact) mass is 397 g/mol. The molecule has 1 atom stereocenters. The Hall–Kier alpha value is -2.24. The maximum Gasteiger partial charge on any atom is 0.243 e. The van der Waals surface area contributed by atoms with Gasteiger partial charge in [-0.15, -0.1) is 0 Å². The minimum absolute atomic E-state index is 0.159. The van der Waals surface area contributed by atoms with Crippen molar-refractivity contribution < 1.29 is 13.2 Å². The van der Waals surface area contributed by atoms with Crippen molar-refractivity contribution in [3.05, 3.63) is 77.9 Å². The molecule has 0 aromatic heterocycles. The van der Waals surface area contributed by atoms with Gasteiger partial charge in [-0.2, -0.15) is 4.31 Å². The molecular weight excluding hydrogens is 370 g/mol. The van der Waals surface area contributed by atoms with Crippen molar-refractivity contribution in [3.8, 4) is 0 Å². The van der Waals surface area contributed by atoms with E-state index in [0.717, 1.165) is 18.3 Å². The first kappa shape index (κ1) is 20.5. The summed E-state index contributed by atoms with van der Waals surface area (Å²) in [5.74, 6) is 0.0296. The molecule has 1 fully saturated rings. The molecule has 1 aliphatic heterocycles. The minimum atomic E-state index is -3.46. The van der Waals surface area contributed by atoms with Crippen LogP contribution in [0.2, 0.25) is 0 Å². The Bertz CT molecular complexity index is 897. The van der Waals surface area contributed by atoms with Crippen molar-refractivity contribution in [1.82, 2.24) is 4.31 Å². The number of benzene rings is 2. The van der Waals surface area contributed by atoms with Gasteiger partial charge in [0, 0.05) is 19.0 Å². The van der Waals surface area contributed by atoms with Crippen LogP contribution in [0.4, 0.5) is 0 Å². The number of piperidine rings is 1. The van der Waals surface area contributed by atoms with Crippen LogP contribution in [-0.2, 0) is 21.2 Å². The van der Waals surface area contributed by atoms with Crippen LogP contribution in [0.1, 0.15) is 24.0 Å². The molecule has 0 amide bonds. The molecule has 4 nitrogen and oxygen atoms in total. The second kappa shape index (κ2) is 9.30. The van der Waals surface area contributed by atoms with Gasteiger partial charge >= 0.3 is 0 Å². The number of hydrogen-bond acceptors (Lipinski definition) is 3. The van der Waals surface area contributed by atoms with Crippen molar-refractivity contribution in [2.75, 3.05) is 13.1 Å². The van der Waals surface area contributed by atoms with Gasteiger partial charge in [-0.25, -0.2) is 8.42 Å². The average Bonchev–Trinajstić information content (AvgIpc) is 2.72. The number of nitrogens with zero attached hydrogens (tertiary/aromatic N) is 1. The predicted octanol–water partition coefficient (Wildman–Crippen LogP) is 4.01. The van der Waals surface area contributed by atoms with Gasteiger partial charge in [-0.1, -0.05) is 60.2 Å². The Morgan fingerprint density at radius 1 is 1.04 bits per heavy atom. The Labute approximate surface area is 167 Å². The molecule has 0 bridgehead atoms. The zero-order chi connectivity index (χ0) is 20.0. The van der Waals surface area contributed by atoms with Gasteiger partial charge in [0.05, 0.1) is 4.90 Å². The molecule has 0 radical (unpaired) electrons. The zero-order valence-corrected chi connectivity index (χ0v) is 17.0. The molecular formula is C23H27NO3S. The second-order valence-electron chi connectivity index (χ2n) is 7.39. The van der Waals surface area contributed by atoms with Gasteiger partial charge in [0.25, 0.3) is 0 Å². The molecule has 0 unspecified atom stereocenters.